The first-order valence-corrected chi connectivity index (χ1v) is 12.6. The van der Waals surface area contributed by atoms with Gasteiger partial charge in [0.15, 0.2) is 0 Å². The smallest absolute Gasteiger partial charge is 0.312 e. The van der Waals surface area contributed by atoms with Crippen molar-refractivity contribution in [1.29, 1.82) is 0 Å². The lowest BCUT2D eigenvalue weighted by molar-refractivity contribution is -0.155. The lowest BCUT2D eigenvalue weighted by atomic mass is 9.70. The summed E-state index contributed by atoms with van der Waals surface area (Å²) in [5.41, 5.74) is -0.690. The minimum absolute atomic E-state index is 0.138. The molecule has 1 aromatic carbocycles. The summed E-state index contributed by atoms with van der Waals surface area (Å²) < 4.78 is 11.7. The Morgan fingerprint density at radius 1 is 1.40 bits per heavy atom. The maximum Gasteiger partial charge on any atom is 0.312 e. The highest BCUT2D eigenvalue weighted by atomic mass is 35.5. The maximum atomic E-state index is 14.4. The summed E-state index contributed by atoms with van der Waals surface area (Å²) >= 11 is 6.46. The quantitative estimate of drug-likeness (QED) is 0.410. The molecule has 2 amide bonds. The second-order valence-electron chi connectivity index (χ2n) is 9.74. The number of hydrogen-bond acceptors (Lipinski definition) is 6. The van der Waals surface area contributed by atoms with E-state index in [0.717, 1.165) is 0 Å². The van der Waals surface area contributed by atoms with Crippen LogP contribution in [0.5, 0.6) is 0 Å². The monoisotopic (exact) mass is 504 g/mol. The van der Waals surface area contributed by atoms with E-state index in [-0.39, 0.29) is 37.5 Å². The van der Waals surface area contributed by atoms with Crippen molar-refractivity contribution < 1.29 is 29.0 Å². The molecule has 6 atom stereocenters. The molecule has 2 bridgehead atoms. The SMILES string of the molecule is C=CCN(C(=O)[C@@H]1N([C@@H](CO)C(C)C)C(=O)[C@H]2[C@H](C(=O)OCC)[C@@H]3CC[C@]12O3)c1ccccc1Cl. The molecule has 1 N–H and O–H groups in total. The zero-order valence-electron chi connectivity index (χ0n) is 20.4. The Bertz CT molecular complexity index is 1020. The highest BCUT2D eigenvalue weighted by Crippen LogP contribution is 2.59. The Kier molecular flexibility index (Phi) is 7.27. The van der Waals surface area contributed by atoms with Gasteiger partial charge in [-0.15, -0.1) is 6.58 Å². The molecule has 9 heteroatoms. The third kappa shape index (κ3) is 3.96. The number of aliphatic hydroxyl groups excluding tert-OH is 1. The highest BCUT2D eigenvalue weighted by molar-refractivity contribution is 6.34. The number of carbonyl (C=O) groups is 3. The zero-order valence-corrected chi connectivity index (χ0v) is 21.1. The molecular weight excluding hydrogens is 472 g/mol. The van der Waals surface area contributed by atoms with Crippen LogP contribution in [0.15, 0.2) is 36.9 Å². The third-order valence-electron chi connectivity index (χ3n) is 7.57. The number of nitrogens with zero attached hydrogens (tertiary/aromatic N) is 2. The summed E-state index contributed by atoms with van der Waals surface area (Å²) in [5, 5.41) is 10.7. The molecule has 190 valence electrons. The van der Waals surface area contributed by atoms with Gasteiger partial charge < -0.3 is 24.4 Å². The van der Waals surface area contributed by atoms with Crippen LogP contribution in [-0.2, 0) is 23.9 Å². The van der Waals surface area contributed by atoms with Gasteiger partial charge in [0, 0.05) is 6.54 Å². The van der Waals surface area contributed by atoms with Gasteiger partial charge in [-0.05, 0) is 37.8 Å². The molecule has 0 unspecified atom stereocenters. The Labute approximate surface area is 210 Å². The van der Waals surface area contributed by atoms with Crippen molar-refractivity contribution in [2.24, 2.45) is 17.8 Å². The number of para-hydroxylation sites is 1. The fourth-order valence-corrected chi connectivity index (χ4v) is 6.35. The zero-order chi connectivity index (χ0) is 25.5. The third-order valence-corrected chi connectivity index (χ3v) is 7.89. The lowest BCUT2D eigenvalue weighted by Gasteiger charge is -2.40. The van der Waals surface area contributed by atoms with Gasteiger partial charge in [-0.2, -0.15) is 0 Å². The van der Waals surface area contributed by atoms with Gasteiger partial charge in [-0.25, -0.2) is 0 Å². The molecule has 0 radical (unpaired) electrons. The predicted octanol–water partition coefficient (Wildman–Crippen LogP) is 2.81. The number of aliphatic hydroxyl groups is 1. The van der Waals surface area contributed by atoms with Crippen LogP contribution in [0.1, 0.15) is 33.6 Å². The second kappa shape index (κ2) is 9.91. The Morgan fingerprint density at radius 2 is 2.11 bits per heavy atom. The van der Waals surface area contributed by atoms with Crippen molar-refractivity contribution in [3.63, 3.8) is 0 Å². The largest absolute Gasteiger partial charge is 0.466 e. The molecule has 3 heterocycles. The molecule has 4 rings (SSSR count). The van der Waals surface area contributed by atoms with Crippen molar-refractivity contribution >= 4 is 35.1 Å². The molecule has 3 aliphatic rings. The van der Waals surface area contributed by atoms with Crippen molar-refractivity contribution in [2.75, 3.05) is 24.7 Å². The van der Waals surface area contributed by atoms with Gasteiger partial charge in [-0.1, -0.05) is 43.7 Å². The van der Waals surface area contributed by atoms with Crippen LogP contribution >= 0.6 is 11.6 Å². The number of benzene rings is 1. The minimum Gasteiger partial charge on any atom is -0.466 e. The Hall–Kier alpha value is -2.42. The summed E-state index contributed by atoms with van der Waals surface area (Å²) in [6.45, 7) is 9.32. The molecule has 8 nitrogen and oxygen atoms in total. The summed E-state index contributed by atoms with van der Waals surface area (Å²) in [7, 11) is 0. The van der Waals surface area contributed by atoms with Crippen molar-refractivity contribution in [2.45, 2.75) is 57.4 Å². The highest BCUT2D eigenvalue weighted by Gasteiger charge is 2.75. The van der Waals surface area contributed by atoms with Crippen LogP contribution in [0.3, 0.4) is 0 Å². The van der Waals surface area contributed by atoms with E-state index in [9.17, 15) is 19.5 Å². The summed E-state index contributed by atoms with van der Waals surface area (Å²) in [6.07, 6.45) is 2.11. The lowest BCUT2D eigenvalue weighted by Crippen LogP contribution is -2.59. The van der Waals surface area contributed by atoms with E-state index in [2.05, 4.69) is 6.58 Å². The topological polar surface area (TPSA) is 96.4 Å². The first-order valence-electron chi connectivity index (χ1n) is 12.2. The molecule has 3 fully saturated rings. The van der Waals surface area contributed by atoms with Gasteiger partial charge in [0.05, 0.1) is 47.9 Å². The molecule has 1 aromatic rings. The second-order valence-corrected chi connectivity index (χ2v) is 10.1. The number of carbonyl (C=O) groups excluding carboxylic acids is 3. The normalized spacial score (nSPS) is 29.9. The van der Waals surface area contributed by atoms with E-state index in [0.29, 0.717) is 23.6 Å². The average molecular weight is 505 g/mol. The molecule has 3 saturated heterocycles. The fourth-order valence-electron chi connectivity index (χ4n) is 6.11. The van der Waals surface area contributed by atoms with E-state index < -0.39 is 41.6 Å². The molecule has 0 aromatic heterocycles. The van der Waals surface area contributed by atoms with Crippen LogP contribution < -0.4 is 4.90 Å². The van der Waals surface area contributed by atoms with Crippen molar-refractivity contribution in [1.82, 2.24) is 4.90 Å². The Balaban J connectivity index is 1.84. The van der Waals surface area contributed by atoms with Crippen LogP contribution in [0.2, 0.25) is 5.02 Å². The van der Waals surface area contributed by atoms with E-state index in [1.54, 1.807) is 37.3 Å². The number of fused-ring (bicyclic) bond motifs is 1. The van der Waals surface area contributed by atoms with Gasteiger partial charge in [0.2, 0.25) is 5.91 Å². The van der Waals surface area contributed by atoms with Crippen molar-refractivity contribution in [3.05, 3.63) is 41.9 Å². The maximum absolute atomic E-state index is 14.4. The molecule has 35 heavy (non-hydrogen) atoms. The molecular formula is C26H33ClN2O6. The fraction of sp³-hybridized carbons (Fsp3) is 0.577. The van der Waals surface area contributed by atoms with E-state index in [1.807, 2.05) is 13.8 Å². The number of likely N-dealkylation sites (tertiary alicyclic amines) is 1. The molecule has 3 aliphatic heterocycles. The standard InChI is InChI=1S/C26H33ClN2O6/c1-5-13-28(17-10-8-7-9-16(17)27)24(32)22-26-12-11-19(35-26)20(25(33)34-6-2)21(26)23(31)29(22)18(14-30)15(3)4/h5,7-10,15,18-22,30H,1,6,11-14H2,2-4H3/t18-,19-,20+,21+,22-,26+/m0/s1. The van der Waals surface area contributed by atoms with Crippen molar-refractivity contribution in [3.8, 4) is 0 Å². The van der Waals surface area contributed by atoms with Gasteiger partial charge >= 0.3 is 5.97 Å². The van der Waals surface area contributed by atoms with Gasteiger partial charge in [0.25, 0.3) is 5.91 Å². The van der Waals surface area contributed by atoms with Gasteiger partial charge in [0.1, 0.15) is 11.6 Å². The van der Waals surface area contributed by atoms with Gasteiger partial charge in [-0.3, -0.25) is 14.4 Å². The molecule has 0 saturated carbocycles. The van der Waals surface area contributed by atoms with E-state index in [1.165, 1.54) is 9.80 Å². The van der Waals surface area contributed by atoms with Crippen LogP contribution in [0.4, 0.5) is 5.69 Å². The molecule has 0 aliphatic carbocycles. The number of rotatable bonds is 9. The summed E-state index contributed by atoms with van der Waals surface area (Å²) in [6, 6.07) is 5.33. The number of anilines is 1. The van der Waals surface area contributed by atoms with Crippen LogP contribution in [-0.4, -0.2) is 71.3 Å². The average Bonchev–Trinajstić information content (AvgIpc) is 3.46. The first-order chi connectivity index (χ1) is 16.7. The summed E-state index contributed by atoms with van der Waals surface area (Å²) in [5.74, 6) is -2.98. The van der Waals surface area contributed by atoms with E-state index in [4.69, 9.17) is 21.1 Å². The predicted molar refractivity (Wildman–Crippen MR) is 131 cm³/mol. The molecule has 1 spiro atoms. The summed E-state index contributed by atoms with van der Waals surface area (Å²) in [4.78, 5) is 44.3. The number of amides is 2. The first kappa shape index (κ1) is 25.7. The van der Waals surface area contributed by atoms with Crippen LogP contribution in [0.25, 0.3) is 0 Å². The Morgan fingerprint density at radius 3 is 2.71 bits per heavy atom. The van der Waals surface area contributed by atoms with E-state index >= 15 is 0 Å². The number of ether oxygens (including phenoxy) is 2. The number of esters is 1. The number of halogens is 1. The number of hydrogen-bond donors (Lipinski definition) is 1. The minimum atomic E-state index is -1.18. The van der Waals surface area contributed by atoms with Crippen LogP contribution in [0, 0.1) is 17.8 Å².